The van der Waals surface area contributed by atoms with Crippen molar-refractivity contribution in [3.63, 3.8) is 0 Å². The summed E-state index contributed by atoms with van der Waals surface area (Å²) >= 11 is 0. The van der Waals surface area contributed by atoms with Crippen LogP contribution in [0.15, 0.2) is 0 Å². The van der Waals surface area contributed by atoms with Crippen molar-refractivity contribution in [1.29, 1.82) is 0 Å². The highest BCUT2D eigenvalue weighted by Gasteiger charge is 2.11. The standard InChI is InChI=1S/C13H26N4O/c1-11(2)6-7-13-12(10-14)15-16-17(13)8-4-3-5-9-18/h11,18H,3-10,14H2,1-2H3. The van der Waals surface area contributed by atoms with Crippen molar-refractivity contribution >= 4 is 0 Å². The summed E-state index contributed by atoms with van der Waals surface area (Å²) < 4.78 is 1.99. The fourth-order valence-corrected chi connectivity index (χ4v) is 1.96. The van der Waals surface area contributed by atoms with E-state index in [1.54, 1.807) is 0 Å². The van der Waals surface area contributed by atoms with Crippen LogP contribution in [0.5, 0.6) is 0 Å². The summed E-state index contributed by atoms with van der Waals surface area (Å²) in [4.78, 5) is 0. The van der Waals surface area contributed by atoms with Gasteiger partial charge in [0.25, 0.3) is 0 Å². The highest BCUT2D eigenvalue weighted by Crippen LogP contribution is 2.13. The van der Waals surface area contributed by atoms with Gasteiger partial charge >= 0.3 is 0 Å². The Hall–Kier alpha value is -0.940. The van der Waals surface area contributed by atoms with Crippen molar-refractivity contribution in [3.05, 3.63) is 11.4 Å². The Balaban J connectivity index is 2.56. The Morgan fingerprint density at radius 2 is 2.06 bits per heavy atom. The zero-order valence-corrected chi connectivity index (χ0v) is 11.6. The molecule has 0 aliphatic heterocycles. The molecule has 5 nitrogen and oxygen atoms in total. The number of aryl methyl sites for hydroxylation is 1. The van der Waals surface area contributed by atoms with Gasteiger partial charge in [-0.1, -0.05) is 19.1 Å². The van der Waals surface area contributed by atoms with Gasteiger partial charge in [0.2, 0.25) is 0 Å². The monoisotopic (exact) mass is 254 g/mol. The summed E-state index contributed by atoms with van der Waals surface area (Å²) in [7, 11) is 0. The second-order valence-electron chi connectivity index (χ2n) is 5.13. The van der Waals surface area contributed by atoms with Crippen LogP contribution in [0.4, 0.5) is 0 Å². The zero-order chi connectivity index (χ0) is 13.4. The Labute approximate surface area is 109 Å². The van der Waals surface area contributed by atoms with Crippen molar-refractivity contribution in [1.82, 2.24) is 15.0 Å². The van der Waals surface area contributed by atoms with Crippen LogP contribution in [-0.4, -0.2) is 26.7 Å². The molecule has 0 amide bonds. The minimum Gasteiger partial charge on any atom is -0.396 e. The van der Waals surface area contributed by atoms with Crippen molar-refractivity contribution < 1.29 is 5.11 Å². The van der Waals surface area contributed by atoms with E-state index in [-0.39, 0.29) is 6.61 Å². The van der Waals surface area contributed by atoms with E-state index in [4.69, 9.17) is 10.8 Å². The smallest absolute Gasteiger partial charge is 0.0994 e. The first-order valence-electron chi connectivity index (χ1n) is 6.91. The lowest BCUT2D eigenvalue weighted by molar-refractivity contribution is 0.281. The summed E-state index contributed by atoms with van der Waals surface area (Å²) in [6.07, 6.45) is 5.05. The molecule has 0 aliphatic carbocycles. The van der Waals surface area contributed by atoms with Crippen molar-refractivity contribution in [3.8, 4) is 0 Å². The van der Waals surface area contributed by atoms with E-state index in [9.17, 15) is 0 Å². The molecule has 0 unspecified atom stereocenters. The molecular formula is C13H26N4O. The summed E-state index contributed by atoms with van der Waals surface area (Å²) in [6.45, 7) is 6.05. The van der Waals surface area contributed by atoms with E-state index in [0.717, 1.165) is 44.3 Å². The van der Waals surface area contributed by atoms with Crippen LogP contribution in [-0.2, 0) is 19.5 Å². The van der Waals surface area contributed by atoms with E-state index in [2.05, 4.69) is 24.2 Å². The predicted molar refractivity (Wildman–Crippen MR) is 72.0 cm³/mol. The van der Waals surface area contributed by atoms with E-state index in [1.165, 1.54) is 5.69 Å². The maximum Gasteiger partial charge on any atom is 0.0994 e. The lowest BCUT2D eigenvalue weighted by Gasteiger charge is -2.09. The molecule has 5 heteroatoms. The van der Waals surface area contributed by atoms with Gasteiger partial charge < -0.3 is 10.8 Å². The number of aliphatic hydroxyl groups excluding tert-OH is 1. The number of unbranched alkanes of at least 4 members (excludes halogenated alkanes) is 2. The third-order valence-electron chi connectivity index (χ3n) is 3.10. The van der Waals surface area contributed by atoms with Crippen molar-refractivity contribution in [2.45, 2.75) is 59.0 Å². The molecular weight excluding hydrogens is 228 g/mol. The highest BCUT2D eigenvalue weighted by atomic mass is 16.2. The Kier molecular flexibility index (Phi) is 6.90. The lowest BCUT2D eigenvalue weighted by Crippen LogP contribution is -2.09. The molecule has 0 spiro atoms. The van der Waals surface area contributed by atoms with Gasteiger partial charge in [0.1, 0.15) is 0 Å². The van der Waals surface area contributed by atoms with Gasteiger partial charge in [0, 0.05) is 19.7 Å². The van der Waals surface area contributed by atoms with Gasteiger partial charge in [-0.05, 0) is 38.0 Å². The number of aromatic nitrogens is 3. The largest absolute Gasteiger partial charge is 0.396 e. The molecule has 0 bridgehead atoms. The molecule has 0 radical (unpaired) electrons. The molecule has 104 valence electrons. The lowest BCUT2D eigenvalue weighted by atomic mass is 10.1. The van der Waals surface area contributed by atoms with E-state index < -0.39 is 0 Å². The number of hydrogen-bond donors (Lipinski definition) is 2. The first kappa shape index (κ1) is 15.1. The van der Waals surface area contributed by atoms with Gasteiger partial charge in [-0.25, -0.2) is 4.68 Å². The van der Waals surface area contributed by atoms with Crippen molar-refractivity contribution in [2.75, 3.05) is 6.61 Å². The van der Waals surface area contributed by atoms with Crippen molar-refractivity contribution in [2.24, 2.45) is 11.7 Å². The zero-order valence-electron chi connectivity index (χ0n) is 11.6. The van der Waals surface area contributed by atoms with Crippen LogP contribution >= 0.6 is 0 Å². The average Bonchev–Trinajstić information content (AvgIpc) is 2.74. The molecule has 0 atom stereocenters. The van der Waals surface area contributed by atoms with Gasteiger partial charge in [-0.2, -0.15) is 0 Å². The summed E-state index contributed by atoms with van der Waals surface area (Å²) in [5.41, 5.74) is 7.82. The fraction of sp³-hybridized carbons (Fsp3) is 0.846. The molecule has 1 aromatic heterocycles. The van der Waals surface area contributed by atoms with Crippen LogP contribution in [0.3, 0.4) is 0 Å². The molecule has 1 aromatic rings. The van der Waals surface area contributed by atoms with E-state index in [0.29, 0.717) is 12.5 Å². The number of rotatable bonds is 9. The summed E-state index contributed by atoms with van der Waals surface area (Å²) in [6, 6.07) is 0. The van der Waals surface area contributed by atoms with Crippen LogP contribution < -0.4 is 5.73 Å². The fourth-order valence-electron chi connectivity index (χ4n) is 1.96. The summed E-state index contributed by atoms with van der Waals surface area (Å²) in [5.74, 6) is 0.674. The number of hydrogen-bond acceptors (Lipinski definition) is 4. The first-order chi connectivity index (χ1) is 8.69. The minimum atomic E-state index is 0.269. The Bertz CT molecular complexity index is 336. The van der Waals surface area contributed by atoms with E-state index >= 15 is 0 Å². The van der Waals surface area contributed by atoms with E-state index in [1.807, 2.05) is 4.68 Å². The van der Waals surface area contributed by atoms with Gasteiger partial charge in [0.05, 0.1) is 11.4 Å². The van der Waals surface area contributed by atoms with Crippen LogP contribution in [0.1, 0.15) is 50.9 Å². The van der Waals surface area contributed by atoms with Crippen LogP contribution in [0.2, 0.25) is 0 Å². The third-order valence-corrected chi connectivity index (χ3v) is 3.10. The molecule has 1 rings (SSSR count). The van der Waals surface area contributed by atoms with Crippen LogP contribution in [0, 0.1) is 5.92 Å². The third kappa shape index (κ3) is 4.74. The quantitative estimate of drug-likeness (QED) is 0.655. The second-order valence-corrected chi connectivity index (χ2v) is 5.13. The summed E-state index contributed by atoms with van der Waals surface area (Å²) in [5, 5.41) is 17.1. The van der Waals surface area contributed by atoms with Gasteiger partial charge in [-0.15, -0.1) is 5.10 Å². The first-order valence-corrected chi connectivity index (χ1v) is 6.91. The maximum absolute atomic E-state index is 8.75. The second kappa shape index (κ2) is 8.21. The van der Waals surface area contributed by atoms with Gasteiger partial charge in [-0.3, -0.25) is 0 Å². The number of aliphatic hydroxyl groups is 1. The molecule has 3 N–H and O–H groups in total. The maximum atomic E-state index is 8.75. The number of nitrogens with zero attached hydrogens (tertiary/aromatic N) is 3. The molecule has 0 saturated carbocycles. The average molecular weight is 254 g/mol. The molecule has 18 heavy (non-hydrogen) atoms. The topological polar surface area (TPSA) is 77.0 Å². The van der Waals surface area contributed by atoms with Gasteiger partial charge in [0.15, 0.2) is 0 Å². The molecule has 0 fully saturated rings. The predicted octanol–water partition coefficient (Wildman–Crippen LogP) is 1.49. The molecule has 0 saturated heterocycles. The normalized spacial score (nSPS) is 11.4. The number of nitrogens with two attached hydrogens (primary N) is 1. The Morgan fingerprint density at radius 1 is 1.28 bits per heavy atom. The molecule has 0 aromatic carbocycles. The Morgan fingerprint density at radius 3 is 2.67 bits per heavy atom. The highest BCUT2D eigenvalue weighted by molar-refractivity contribution is 5.10. The molecule has 0 aliphatic rings. The molecule has 1 heterocycles. The SMILES string of the molecule is CC(C)CCc1c(CN)nnn1CCCCCO. The van der Waals surface area contributed by atoms with Crippen LogP contribution in [0.25, 0.3) is 0 Å². The minimum absolute atomic E-state index is 0.269.